The van der Waals surface area contributed by atoms with E-state index in [1.54, 1.807) is 0 Å². The molecule has 0 spiro atoms. The van der Waals surface area contributed by atoms with Crippen molar-refractivity contribution < 1.29 is 4.74 Å². The fourth-order valence-corrected chi connectivity index (χ4v) is 2.13. The van der Waals surface area contributed by atoms with Crippen LogP contribution < -0.4 is 10.1 Å². The van der Waals surface area contributed by atoms with E-state index < -0.39 is 0 Å². The van der Waals surface area contributed by atoms with Gasteiger partial charge in [0.1, 0.15) is 5.75 Å². The Kier molecular flexibility index (Phi) is 3.93. The summed E-state index contributed by atoms with van der Waals surface area (Å²) < 4.78 is 5.68. The monoisotopic (exact) mass is 233 g/mol. The highest BCUT2D eigenvalue weighted by Gasteiger charge is 2.16. The average molecular weight is 233 g/mol. The predicted octanol–water partition coefficient (Wildman–Crippen LogP) is 3.99. The molecule has 2 rings (SSSR count). The molecule has 2 heteroatoms. The normalized spacial score (nSPS) is 15.8. The first-order chi connectivity index (χ1) is 8.15. The molecule has 0 unspecified atom stereocenters. The molecule has 2 nitrogen and oxygen atoms in total. The fraction of sp³-hybridized carbons (Fsp3) is 0.600. The van der Waals surface area contributed by atoms with Crippen molar-refractivity contribution in [1.29, 1.82) is 0 Å². The molecule has 1 aromatic carbocycles. The lowest BCUT2D eigenvalue weighted by atomic mass is 9.85. The molecule has 0 aliphatic heterocycles. The van der Waals surface area contributed by atoms with E-state index in [0.29, 0.717) is 0 Å². The number of ether oxygens (including phenoxy) is 1. The second kappa shape index (κ2) is 5.44. The molecule has 1 fully saturated rings. The van der Waals surface area contributed by atoms with E-state index in [-0.39, 0.29) is 6.10 Å². The van der Waals surface area contributed by atoms with E-state index in [1.807, 2.05) is 0 Å². The molecule has 0 aromatic heterocycles. The number of hydrogen-bond acceptors (Lipinski definition) is 2. The van der Waals surface area contributed by atoms with Crippen molar-refractivity contribution in [3.8, 4) is 5.75 Å². The SMILES string of the molecule is Cc1cc(OC(C)C)ccc1NCC1CCC1. The van der Waals surface area contributed by atoms with Gasteiger partial charge in [-0.15, -0.1) is 0 Å². The summed E-state index contributed by atoms with van der Waals surface area (Å²) >= 11 is 0. The summed E-state index contributed by atoms with van der Waals surface area (Å²) in [5, 5.41) is 3.54. The Hall–Kier alpha value is -1.18. The van der Waals surface area contributed by atoms with E-state index >= 15 is 0 Å². The van der Waals surface area contributed by atoms with Crippen molar-refractivity contribution in [1.82, 2.24) is 0 Å². The van der Waals surface area contributed by atoms with Crippen LogP contribution in [0.1, 0.15) is 38.7 Å². The van der Waals surface area contributed by atoms with Crippen LogP contribution in [0.2, 0.25) is 0 Å². The Morgan fingerprint density at radius 2 is 2.12 bits per heavy atom. The third-order valence-electron chi connectivity index (χ3n) is 3.38. The molecule has 17 heavy (non-hydrogen) atoms. The van der Waals surface area contributed by atoms with E-state index in [2.05, 4.69) is 44.3 Å². The van der Waals surface area contributed by atoms with E-state index in [1.165, 1.54) is 30.5 Å². The van der Waals surface area contributed by atoms with Gasteiger partial charge in [0.2, 0.25) is 0 Å². The highest BCUT2D eigenvalue weighted by atomic mass is 16.5. The summed E-state index contributed by atoms with van der Waals surface area (Å²) in [6, 6.07) is 6.30. The lowest BCUT2D eigenvalue weighted by Gasteiger charge is -2.26. The standard InChI is InChI=1S/C15H23NO/c1-11(2)17-14-7-8-15(12(3)9-14)16-10-13-5-4-6-13/h7-9,11,13,16H,4-6,10H2,1-3H3. The first-order valence-corrected chi connectivity index (χ1v) is 6.66. The molecule has 1 saturated carbocycles. The summed E-state index contributed by atoms with van der Waals surface area (Å²) in [5.41, 5.74) is 2.51. The van der Waals surface area contributed by atoms with Crippen LogP contribution >= 0.6 is 0 Å². The van der Waals surface area contributed by atoms with Crippen molar-refractivity contribution in [2.75, 3.05) is 11.9 Å². The van der Waals surface area contributed by atoms with Gasteiger partial charge in [0.05, 0.1) is 6.10 Å². The van der Waals surface area contributed by atoms with Gasteiger partial charge in [-0.25, -0.2) is 0 Å². The molecule has 1 aromatic rings. The molecule has 1 aliphatic carbocycles. The summed E-state index contributed by atoms with van der Waals surface area (Å²) in [6.07, 6.45) is 4.43. The zero-order valence-electron chi connectivity index (χ0n) is 11.1. The minimum absolute atomic E-state index is 0.239. The van der Waals surface area contributed by atoms with Crippen LogP contribution in [-0.2, 0) is 0 Å². The lowest BCUT2D eigenvalue weighted by Crippen LogP contribution is -2.21. The molecular weight excluding hydrogens is 210 g/mol. The number of rotatable bonds is 5. The Morgan fingerprint density at radius 3 is 2.65 bits per heavy atom. The number of aryl methyl sites for hydroxylation is 1. The highest BCUT2D eigenvalue weighted by Crippen LogP contribution is 2.28. The van der Waals surface area contributed by atoms with Crippen LogP contribution in [0.5, 0.6) is 5.75 Å². The summed E-state index contributed by atoms with van der Waals surface area (Å²) in [7, 11) is 0. The van der Waals surface area contributed by atoms with Gasteiger partial charge in [-0.1, -0.05) is 6.42 Å². The Balaban J connectivity index is 1.93. The molecule has 0 amide bonds. The molecular formula is C15H23NO. The van der Waals surface area contributed by atoms with Gasteiger partial charge in [-0.05, 0) is 63.3 Å². The topological polar surface area (TPSA) is 21.3 Å². The smallest absolute Gasteiger partial charge is 0.120 e. The zero-order valence-corrected chi connectivity index (χ0v) is 11.1. The van der Waals surface area contributed by atoms with Gasteiger partial charge >= 0.3 is 0 Å². The van der Waals surface area contributed by atoms with Gasteiger partial charge in [-0.2, -0.15) is 0 Å². The van der Waals surface area contributed by atoms with Crippen LogP contribution in [-0.4, -0.2) is 12.6 Å². The van der Waals surface area contributed by atoms with Gasteiger partial charge in [0.25, 0.3) is 0 Å². The molecule has 1 N–H and O–H groups in total. The second-order valence-corrected chi connectivity index (χ2v) is 5.32. The lowest BCUT2D eigenvalue weighted by molar-refractivity contribution is 0.242. The predicted molar refractivity (Wildman–Crippen MR) is 72.8 cm³/mol. The van der Waals surface area contributed by atoms with Gasteiger partial charge in [-0.3, -0.25) is 0 Å². The van der Waals surface area contributed by atoms with E-state index in [0.717, 1.165) is 18.2 Å². The first kappa shape index (κ1) is 12.3. The van der Waals surface area contributed by atoms with Crippen molar-refractivity contribution in [3.05, 3.63) is 23.8 Å². The molecule has 0 saturated heterocycles. The maximum Gasteiger partial charge on any atom is 0.120 e. The summed E-state index contributed by atoms with van der Waals surface area (Å²) in [6.45, 7) is 7.36. The largest absolute Gasteiger partial charge is 0.491 e. The third kappa shape index (κ3) is 3.39. The molecule has 1 aliphatic rings. The Bertz CT molecular complexity index is 369. The molecule has 0 bridgehead atoms. The molecule has 0 radical (unpaired) electrons. The van der Waals surface area contributed by atoms with Gasteiger partial charge < -0.3 is 10.1 Å². The second-order valence-electron chi connectivity index (χ2n) is 5.32. The fourth-order valence-electron chi connectivity index (χ4n) is 2.13. The van der Waals surface area contributed by atoms with Crippen LogP contribution in [0.15, 0.2) is 18.2 Å². The quantitative estimate of drug-likeness (QED) is 0.830. The third-order valence-corrected chi connectivity index (χ3v) is 3.38. The molecule has 0 heterocycles. The van der Waals surface area contributed by atoms with Gasteiger partial charge in [0, 0.05) is 12.2 Å². The van der Waals surface area contributed by atoms with Crippen LogP contribution in [0, 0.1) is 12.8 Å². The van der Waals surface area contributed by atoms with Crippen molar-refractivity contribution >= 4 is 5.69 Å². The van der Waals surface area contributed by atoms with Crippen LogP contribution in [0.25, 0.3) is 0 Å². The Morgan fingerprint density at radius 1 is 1.35 bits per heavy atom. The molecule has 0 atom stereocenters. The van der Waals surface area contributed by atoms with Gasteiger partial charge in [0.15, 0.2) is 0 Å². The maximum absolute atomic E-state index is 5.68. The Labute approximate surface area is 104 Å². The first-order valence-electron chi connectivity index (χ1n) is 6.66. The minimum atomic E-state index is 0.239. The number of benzene rings is 1. The van der Waals surface area contributed by atoms with Crippen molar-refractivity contribution in [3.63, 3.8) is 0 Å². The average Bonchev–Trinajstić information content (AvgIpc) is 2.17. The zero-order chi connectivity index (χ0) is 12.3. The van der Waals surface area contributed by atoms with Crippen LogP contribution in [0.4, 0.5) is 5.69 Å². The maximum atomic E-state index is 5.68. The van der Waals surface area contributed by atoms with Crippen LogP contribution in [0.3, 0.4) is 0 Å². The minimum Gasteiger partial charge on any atom is -0.491 e. The number of hydrogen-bond donors (Lipinski definition) is 1. The number of nitrogens with one attached hydrogen (secondary N) is 1. The van der Waals surface area contributed by atoms with Crippen molar-refractivity contribution in [2.45, 2.75) is 46.1 Å². The molecule has 94 valence electrons. The highest BCUT2D eigenvalue weighted by molar-refractivity contribution is 5.53. The van der Waals surface area contributed by atoms with Crippen molar-refractivity contribution in [2.24, 2.45) is 5.92 Å². The van der Waals surface area contributed by atoms with E-state index in [9.17, 15) is 0 Å². The van der Waals surface area contributed by atoms with E-state index in [4.69, 9.17) is 4.74 Å². The summed E-state index contributed by atoms with van der Waals surface area (Å²) in [4.78, 5) is 0. The number of anilines is 1. The summed E-state index contributed by atoms with van der Waals surface area (Å²) in [5.74, 6) is 1.85.